The van der Waals surface area contributed by atoms with Crippen molar-refractivity contribution in [3.63, 3.8) is 0 Å². The van der Waals surface area contributed by atoms with Crippen LogP contribution >= 0.6 is 23.4 Å². The second-order valence-corrected chi connectivity index (χ2v) is 5.95. The van der Waals surface area contributed by atoms with Crippen LogP contribution < -0.4 is 14.8 Å². The number of carbonyl (C=O) groups is 1. The zero-order valence-corrected chi connectivity index (χ0v) is 11.5. The van der Waals surface area contributed by atoms with Gasteiger partial charge < -0.3 is 14.6 Å². The van der Waals surface area contributed by atoms with Crippen LogP contribution in [0.5, 0.6) is 11.5 Å². The smallest absolute Gasteiger partial charge is 0.320 e. The zero-order valence-electron chi connectivity index (χ0n) is 9.89. The van der Waals surface area contributed by atoms with Gasteiger partial charge in [0, 0.05) is 0 Å². The van der Waals surface area contributed by atoms with Gasteiger partial charge in [-0.25, -0.2) is 0 Å². The van der Waals surface area contributed by atoms with Crippen LogP contribution in [0.25, 0.3) is 0 Å². The van der Waals surface area contributed by atoms with Crippen molar-refractivity contribution in [2.24, 2.45) is 0 Å². The van der Waals surface area contributed by atoms with Crippen molar-refractivity contribution >= 4 is 29.3 Å². The van der Waals surface area contributed by atoms with Crippen molar-refractivity contribution in [1.29, 1.82) is 0 Å². The average molecular weight is 302 g/mol. The van der Waals surface area contributed by atoms with Crippen molar-refractivity contribution in [1.82, 2.24) is 5.32 Å². The van der Waals surface area contributed by atoms with Gasteiger partial charge in [-0.15, -0.1) is 11.8 Å². The average Bonchev–Trinajstić information content (AvgIpc) is 2.87. The summed E-state index contributed by atoms with van der Waals surface area (Å²) in [6.07, 6.45) is 0.620. The summed E-state index contributed by atoms with van der Waals surface area (Å²) in [5, 5.41) is 12.6. The molecule has 1 saturated heterocycles. The Morgan fingerprint density at radius 1 is 1.47 bits per heavy atom. The number of fused-ring (bicyclic) bond motifs is 1. The Labute approximate surface area is 119 Å². The topological polar surface area (TPSA) is 67.8 Å². The van der Waals surface area contributed by atoms with Gasteiger partial charge in [-0.3, -0.25) is 10.1 Å². The Bertz CT molecular complexity index is 525. The van der Waals surface area contributed by atoms with E-state index in [1.54, 1.807) is 17.8 Å². The molecule has 0 aliphatic carbocycles. The van der Waals surface area contributed by atoms with Crippen LogP contribution in [-0.4, -0.2) is 29.7 Å². The van der Waals surface area contributed by atoms with Gasteiger partial charge in [0.1, 0.15) is 6.04 Å². The largest absolute Gasteiger partial charge is 0.480 e. The summed E-state index contributed by atoms with van der Waals surface area (Å²) >= 11 is 7.80. The standard InChI is InChI=1S/C12H12ClNO4S/c13-7-3-6(4-9-10(7)18-5-17-9)11-14-8(12(15)16)1-2-19-11/h3-4,8,11,14H,1-2,5H2,(H,15,16). The van der Waals surface area contributed by atoms with Crippen LogP contribution in [0.3, 0.4) is 0 Å². The summed E-state index contributed by atoms with van der Waals surface area (Å²) < 4.78 is 10.6. The Morgan fingerprint density at radius 3 is 3.11 bits per heavy atom. The van der Waals surface area contributed by atoms with Gasteiger partial charge in [0.25, 0.3) is 0 Å². The molecule has 2 aliphatic rings. The molecule has 2 heterocycles. The predicted octanol–water partition coefficient (Wildman–Crippen LogP) is 2.25. The van der Waals surface area contributed by atoms with E-state index in [0.29, 0.717) is 22.9 Å². The van der Waals surface area contributed by atoms with Crippen molar-refractivity contribution < 1.29 is 19.4 Å². The van der Waals surface area contributed by atoms with Crippen molar-refractivity contribution in [3.8, 4) is 11.5 Å². The molecule has 3 rings (SSSR count). The van der Waals surface area contributed by atoms with Gasteiger partial charge in [-0.2, -0.15) is 0 Å². The molecule has 7 heteroatoms. The molecule has 2 aliphatic heterocycles. The number of nitrogens with one attached hydrogen (secondary N) is 1. The minimum Gasteiger partial charge on any atom is -0.480 e. The summed E-state index contributed by atoms with van der Waals surface area (Å²) in [4.78, 5) is 11.0. The van der Waals surface area contributed by atoms with Crippen LogP contribution in [0, 0.1) is 0 Å². The molecule has 0 amide bonds. The summed E-state index contributed by atoms with van der Waals surface area (Å²) in [7, 11) is 0. The molecule has 19 heavy (non-hydrogen) atoms. The Hall–Kier alpha value is -1.11. The molecule has 2 atom stereocenters. The van der Waals surface area contributed by atoms with Gasteiger partial charge in [-0.05, 0) is 29.9 Å². The van der Waals surface area contributed by atoms with E-state index < -0.39 is 12.0 Å². The van der Waals surface area contributed by atoms with E-state index in [2.05, 4.69) is 5.32 Å². The summed E-state index contributed by atoms with van der Waals surface area (Å²) in [6.45, 7) is 0.168. The van der Waals surface area contributed by atoms with E-state index in [1.165, 1.54) is 0 Å². The van der Waals surface area contributed by atoms with Crippen LogP contribution in [-0.2, 0) is 4.79 Å². The molecule has 1 fully saturated rings. The molecule has 0 aromatic heterocycles. The van der Waals surface area contributed by atoms with Crippen molar-refractivity contribution in [3.05, 3.63) is 22.7 Å². The fourth-order valence-corrected chi connectivity index (χ4v) is 3.61. The highest BCUT2D eigenvalue weighted by Crippen LogP contribution is 2.43. The minimum atomic E-state index is -0.822. The minimum absolute atomic E-state index is 0.0955. The summed E-state index contributed by atoms with van der Waals surface area (Å²) in [5.41, 5.74) is 0.908. The molecule has 0 bridgehead atoms. The maximum absolute atomic E-state index is 11.0. The Kier molecular flexibility index (Phi) is 3.47. The molecule has 1 aromatic rings. The maximum Gasteiger partial charge on any atom is 0.320 e. The second kappa shape index (κ2) is 5.11. The number of hydrogen-bond donors (Lipinski definition) is 2. The van der Waals surface area contributed by atoms with Gasteiger partial charge in [-0.1, -0.05) is 11.6 Å². The molecule has 0 saturated carbocycles. The van der Waals surface area contributed by atoms with Crippen molar-refractivity contribution in [2.45, 2.75) is 17.8 Å². The lowest BCUT2D eigenvalue weighted by Crippen LogP contribution is -2.41. The number of ether oxygens (including phenoxy) is 2. The number of benzene rings is 1. The first-order chi connectivity index (χ1) is 9.15. The number of carboxylic acids is 1. The molecular weight excluding hydrogens is 290 g/mol. The van der Waals surface area contributed by atoms with Gasteiger partial charge in [0.05, 0.1) is 10.4 Å². The van der Waals surface area contributed by atoms with E-state index in [-0.39, 0.29) is 12.2 Å². The lowest BCUT2D eigenvalue weighted by molar-refractivity contribution is -0.139. The summed E-state index contributed by atoms with van der Waals surface area (Å²) in [5.74, 6) is 1.14. The highest BCUT2D eigenvalue weighted by molar-refractivity contribution is 7.99. The summed E-state index contributed by atoms with van der Waals surface area (Å²) in [6, 6.07) is 3.13. The van der Waals surface area contributed by atoms with Crippen LogP contribution in [0.2, 0.25) is 5.02 Å². The van der Waals surface area contributed by atoms with E-state index in [9.17, 15) is 4.79 Å². The SMILES string of the molecule is O=C(O)C1CCSC(c2cc(Cl)c3c(c2)OCO3)N1. The second-order valence-electron chi connectivity index (χ2n) is 4.33. The number of carboxylic acid groups (broad SMARTS) is 1. The molecule has 102 valence electrons. The fourth-order valence-electron chi connectivity index (χ4n) is 2.14. The number of thioether (sulfide) groups is 1. The van der Waals surface area contributed by atoms with Crippen molar-refractivity contribution in [2.75, 3.05) is 12.5 Å². The Morgan fingerprint density at radius 2 is 2.32 bits per heavy atom. The van der Waals surface area contributed by atoms with Crippen LogP contribution in [0.4, 0.5) is 0 Å². The lowest BCUT2D eigenvalue weighted by Gasteiger charge is -2.28. The van der Waals surface area contributed by atoms with Gasteiger partial charge in [0.2, 0.25) is 6.79 Å². The third-order valence-corrected chi connectivity index (χ3v) is 4.59. The Balaban J connectivity index is 1.86. The normalized spacial score (nSPS) is 25.3. The molecule has 0 radical (unpaired) electrons. The predicted molar refractivity (Wildman–Crippen MR) is 72.0 cm³/mol. The third kappa shape index (κ3) is 2.48. The monoisotopic (exact) mass is 301 g/mol. The quantitative estimate of drug-likeness (QED) is 0.873. The number of aliphatic carboxylic acids is 1. The first kappa shape index (κ1) is 12.9. The van der Waals surface area contributed by atoms with Crippen LogP contribution in [0.15, 0.2) is 12.1 Å². The van der Waals surface area contributed by atoms with E-state index in [0.717, 1.165) is 11.3 Å². The molecule has 2 N–H and O–H groups in total. The highest BCUT2D eigenvalue weighted by atomic mass is 35.5. The lowest BCUT2D eigenvalue weighted by atomic mass is 10.1. The number of halogens is 1. The molecular formula is C12H12ClNO4S. The van der Waals surface area contributed by atoms with Crippen LogP contribution in [0.1, 0.15) is 17.4 Å². The highest BCUT2D eigenvalue weighted by Gasteiger charge is 2.29. The van der Waals surface area contributed by atoms with Gasteiger partial charge >= 0.3 is 5.97 Å². The number of hydrogen-bond acceptors (Lipinski definition) is 5. The van der Waals surface area contributed by atoms with E-state index >= 15 is 0 Å². The van der Waals surface area contributed by atoms with E-state index in [1.807, 2.05) is 6.07 Å². The third-order valence-electron chi connectivity index (χ3n) is 3.09. The number of rotatable bonds is 2. The molecule has 0 spiro atoms. The van der Waals surface area contributed by atoms with Gasteiger partial charge in [0.15, 0.2) is 11.5 Å². The first-order valence-corrected chi connectivity index (χ1v) is 7.27. The first-order valence-electron chi connectivity index (χ1n) is 5.84. The molecule has 1 aromatic carbocycles. The molecule has 5 nitrogen and oxygen atoms in total. The van der Waals surface area contributed by atoms with E-state index in [4.69, 9.17) is 26.2 Å². The fraction of sp³-hybridized carbons (Fsp3) is 0.417. The maximum atomic E-state index is 11.0. The zero-order chi connectivity index (χ0) is 13.4. The molecule has 2 unspecified atom stereocenters.